The van der Waals surface area contributed by atoms with Gasteiger partial charge in [-0.2, -0.15) is 0 Å². The highest BCUT2D eigenvalue weighted by molar-refractivity contribution is 6.34. The van der Waals surface area contributed by atoms with Gasteiger partial charge in [0.15, 0.2) is 0 Å². The van der Waals surface area contributed by atoms with Crippen molar-refractivity contribution >= 4 is 41.0 Å². The van der Waals surface area contributed by atoms with Gasteiger partial charge in [-0.3, -0.25) is 9.59 Å². The highest BCUT2D eigenvalue weighted by Gasteiger charge is 2.21. The molecule has 0 spiro atoms. The molecular formula is C16H20Cl2N2O4. The van der Waals surface area contributed by atoms with Gasteiger partial charge in [0, 0.05) is 43.4 Å². The van der Waals surface area contributed by atoms with E-state index in [-0.39, 0.29) is 25.2 Å². The Hall–Kier alpha value is -1.79. The summed E-state index contributed by atoms with van der Waals surface area (Å²) in [5.41, 5.74) is 0.614. The zero-order chi connectivity index (χ0) is 18.3. The third-order valence-corrected chi connectivity index (χ3v) is 3.73. The van der Waals surface area contributed by atoms with Gasteiger partial charge in [-0.25, -0.2) is 4.79 Å². The molecule has 6 nitrogen and oxygen atoms in total. The summed E-state index contributed by atoms with van der Waals surface area (Å²) in [6, 6.07) is 3.66. The Morgan fingerprint density at radius 3 is 2.21 bits per heavy atom. The van der Waals surface area contributed by atoms with Crippen LogP contribution in [0.1, 0.15) is 24.8 Å². The van der Waals surface area contributed by atoms with E-state index in [0.29, 0.717) is 22.0 Å². The first kappa shape index (κ1) is 20.3. The average Bonchev–Trinajstić information content (AvgIpc) is 2.45. The van der Waals surface area contributed by atoms with E-state index < -0.39 is 17.9 Å². The first-order valence-electron chi connectivity index (χ1n) is 7.36. The first-order chi connectivity index (χ1) is 11.2. The van der Waals surface area contributed by atoms with Crippen molar-refractivity contribution in [1.82, 2.24) is 10.2 Å². The standard InChI is InChI=1S/C16H20Cl2N2O4/c1-20(2)15(22)5-3-4-14(21)19-13(16(23)24)8-10-6-11(17)9-12(18)7-10/h6-7,9,13H,3-5,8H2,1-2H3,(H,19,21)(H,23,24). The number of benzene rings is 1. The lowest BCUT2D eigenvalue weighted by molar-refractivity contribution is -0.141. The van der Waals surface area contributed by atoms with Crippen molar-refractivity contribution in [2.24, 2.45) is 0 Å². The number of carboxylic acid groups (broad SMARTS) is 1. The van der Waals surface area contributed by atoms with E-state index >= 15 is 0 Å². The molecule has 2 amide bonds. The molecule has 0 radical (unpaired) electrons. The number of carbonyl (C=O) groups excluding carboxylic acids is 2. The van der Waals surface area contributed by atoms with Crippen molar-refractivity contribution in [1.29, 1.82) is 0 Å². The molecule has 0 fully saturated rings. The molecule has 1 unspecified atom stereocenters. The molecule has 1 atom stereocenters. The van der Waals surface area contributed by atoms with Crippen molar-refractivity contribution in [2.45, 2.75) is 31.7 Å². The van der Waals surface area contributed by atoms with E-state index in [0.717, 1.165) is 0 Å². The Balaban J connectivity index is 2.58. The van der Waals surface area contributed by atoms with Crippen molar-refractivity contribution in [2.75, 3.05) is 14.1 Å². The number of rotatable bonds is 8. The van der Waals surface area contributed by atoms with E-state index in [4.69, 9.17) is 23.2 Å². The largest absolute Gasteiger partial charge is 0.480 e. The summed E-state index contributed by atoms with van der Waals surface area (Å²) in [5.74, 6) is -1.64. The summed E-state index contributed by atoms with van der Waals surface area (Å²) < 4.78 is 0. The summed E-state index contributed by atoms with van der Waals surface area (Å²) in [7, 11) is 3.28. The minimum Gasteiger partial charge on any atom is -0.480 e. The van der Waals surface area contributed by atoms with Crippen LogP contribution in [0.5, 0.6) is 0 Å². The third-order valence-electron chi connectivity index (χ3n) is 3.29. The predicted molar refractivity (Wildman–Crippen MR) is 92.3 cm³/mol. The summed E-state index contributed by atoms with van der Waals surface area (Å²) in [4.78, 5) is 36.1. The molecule has 0 heterocycles. The Labute approximate surface area is 150 Å². The molecule has 0 aliphatic carbocycles. The second-order valence-electron chi connectivity index (χ2n) is 5.58. The normalized spacial score (nSPS) is 11.7. The maximum absolute atomic E-state index is 11.9. The van der Waals surface area contributed by atoms with Crippen LogP contribution in [-0.2, 0) is 20.8 Å². The number of nitrogens with one attached hydrogen (secondary N) is 1. The topological polar surface area (TPSA) is 86.7 Å². The van der Waals surface area contributed by atoms with Crippen LogP contribution in [-0.4, -0.2) is 47.9 Å². The lowest BCUT2D eigenvalue weighted by Gasteiger charge is -2.15. The molecule has 0 aliphatic rings. The van der Waals surface area contributed by atoms with Crippen molar-refractivity contribution in [3.63, 3.8) is 0 Å². The van der Waals surface area contributed by atoms with E-state index in [2.05, 4.69) is 5.32 Å². The molecule has 1 rings (SSSR count). The molecule has 0 bridgehead atoms. The molecule has 0 saturated heterocycles. The average molecular weight is 375 g/mol. The highest BCUT2D eigenvalue weighted by Crippen LogP contribution is 2.20. The number of hydrogen-bond acceptors (Lipinski definition) is 3. The Kier molecular flexibility index (Phi) is 8.01. The molecule has 1 aromatic rings. The van der Waals surface area contributed by atoms with Gasteiger partial charge in [0.2, 0.25) is 11.8 Å². The van der Waals surface area contributed by atoms with Gasteiger partial charge in [0.05, 0.1) is 0 Å². The number of carboxylic acids is 1. The van der Waals surface area contributed by atoms with Gasteiger partial charge >= 0.3 is 5.97 Å². The summed E-state index contributed by atoms with van der Waals surface area (Å²) >= 11 is 11.8. The van der Waals surface area contributed by atoms with Crippen LogP contribution in [0.2, 0.25) is 10.0 Å². The lowest BCUT2D eigenvalue weighted by Crippen LogP contribution is -2.42. The van der Waals surface area contributed by atoms with Gasteiger partial charge in [-0.05, 0) is 30.2 Å². The van der Waals surface area contributed by atoms with Crippen LogP contribution >= 0.6 is 23.2 Å². The summed E-state index contributed by atoms with van der Waals surface area (Å²) in [6.45, 7) is 0. The molecule has 8 heteroatoms. The van der Waals surface area contributed by atoms with Crippen molar-refractivity contribution < 1.29 is 19.5 Å². The SMILES string of the molecule is CN(C)C(=O)CCCC(=O)NC(Cc1cc(Cl)cc(Cl)c1)C(=O)O. The van der Waals surface area contributed by atoms with Crippen LogP contribution in [0.3, 0.4) is 0 Å². The Morgan fingerprint density at radius 1 is 1.12 bits per heavy atom. The number of nitrogens with zero attached hydrogens (tertiary/aromatic N) is 1. The quantitative estimate of drug-likeness (QED) is 0.730. The fraction of sp³-hybridized carbons (Fsp3) is 0.438. The summed E-state index contributed by atoms with van der Waals surface area (Å²) in [6.07, 6.45) is 0.748. The molecule has 0 saturated carbocycles. The maximum Gasteiger partial charge on any atom is 0.326 e. The number of amides is 2. The fourth-order valence-electron chi connectivity index (χ4n) is 2.05. The Morgan fingerprint density at radius 2 is 1.71 bits per heavy atom. The molecule has 2 N–H and O–H groups in total. The second kappa shape index (κ2) is 9.49. The zero-order valence-electron chi connectivity index (χ0n) is 13.5. The second-order valence-corrected chi connectivity index (χ2v) is 6.45. The molecule has 0 aromatic heterocycles. The molecule has 132 valence electrons. The van der Waals surface area contributed by atoms with Crippen molar-refractivity contribution in [3.05, 3.63) is 33.8 Å². The number of hydrogen-bond donors (Lipinski definition) is 2. The van der Waals surface area contributed by atoms with E-state index in [1.165, 1.54) is 4.90 Å². The van der Waals surface area contributed by atoms with Crippen molar-refractivity contribution in [3.8, 4) is 0 Å². The van der Waals surface area contributed by atoms with Crippen LogP contribution in [0, 0.1) is 0 Å². The molecular weight excluding hydrogens is 355 g/mol. The third kappa shape index (κ3) is 7.19. The first-order valence-corrected chi connectivity index (χ1v) is 8.12. The van der Waals surface area contributed by atoms with Gasteiger partial charge in [0.25, 0.3) is 0 Å². The molecule has 1 aromatic carbocycles. The molecule has 0 aliphatic heterocycles. The minimum absolute atomic E-state index is 0.0674. The van der Waals surface area contributed by atoms with Gasteiger partial charge < -0.3 is 15.3 Å². The van der Waals surface area contributed by atoms with Crippen LogP contribution in [0.15, 0.2) is 18.2 Å². The number of carbonyl (C=O) groups is 3. The van der Waals surface area contributed by atoms with E-state index in [1.807, 2.05) is 0 Å². The minimum atomic E-state index is -1.15. The van der Waals surface area contributed by atoms with E-state index in [9.17, 15) is 19.5 Å². The maximum atomic E-state index is 11.9. The van der Waals surface area contributed by atoms with E-state index in [1.54, 1.807) is 32.3 Å². The van der Waals surface area contributed by atoms with Gasteiger partial charge in [0.1, 0.15) is 6.04 Å². The highest BCUT2D eigenvalue weighted by atomic mass is 35.5. The zero-order valence-corrected chi connectivity index (χ0v) is 15.0. The fourth-order valence-corrected chi connectivity index (χ4v) is 2.63. The number of aliphatic carboxylic acids is 1. The summed E-state index contributed by atoms with van der Waals surface area (Å²) in [5, 5.41) is 12.5. The van der Waals surface area contributed by atoms with Crippen LogP contribution in [0.4, 0.5) is 0 Å². The monoisotopic (exact) mass is 374 g/mol. The van der Waals surface area contributed by atoms with Crippen LogP contribution < -0.4 is 5.32 Å². The van der Waals surface area contributed by atoms with Gasteiger partial charge in [-0.15, -0.1) is 0 Å². The lowest BCUT2D eigenvalue weighted by atomic mass is 10.1. The Bertz CT molecular complexity index is 600. The van der Waals surface area contributed by atoms with Crippen LogP contribution in [0.25, 0.3) is 0 Å². The molecule has 24 heavy (non-hydrogen) atoms. The van der Waals surface area contributed by atoms with Gasteiger partial charge in [-0.1, -0.05) is 23.2 Å². The smallest absolute Gasteiger partial charge is 0.326 e. The predicted octanol–water partition coefficient (Wildman–Crippen LogP) is 2.36. The number of halogens is 2.